The first-order valence-corrected chi connectivity index (χ1v) is 12.2. The lowest BCUT2D eigenvalue weighted by Crippen LogP contribution is -2.71. The van der Waals surface area contributed by atoms with Gasteiger partial charge in [-0.3, -0.25) is 14.5 Å². The first kappa shape index (κ1) is 23.7. The van der Waals surface area contributed by atoms with Gasteiger partial charge in [-0.1, -0.05) is 5.16 Å². The molecule has 0 spiro atoms. The van der Waals surface area contributed by atoms with Crippen molar-refractivity contribution in [1.82, 2.24) is 15.2 Å². The van der Waals surface area contributed by atoms with E-state index in [-0.39, 0.29) is 28.0 Å². The zero-order valence-corrected chi connectivity index (χ0v) is 20.1. The van der Waals surface area contributed by atoms with Crippen molar-refractivity contribution in [1.29, 1.82) is 0 Å². The van der Waals surface area contributed by atoms with E-state index in [4.69, 9.17) is 15.3 Å². The fourth-order valence-electron chi connectivity index (χ4n) is 3.42. The van der Waals surface area contributed by atoms with E-state index in [2.05, 4.69) is 15.5 Å². The molecule has 4 rings (SSSR count). The maximum Gasteiger partial charge on any atom is 0.353 e. The predicted octanol–water partition coefficient (Wildman–Crippen LogP) is 0.820. The summed E-state index contributed by atoms with van der Waals surface area (Å²) in [7, 11) is 2.52. The smallest absolute Gasteiger partial charge is 0.353 e. The van der Waals surface area contributed by atoms with Crippen molar-refractivity contribution in [3.05, 3.63) is 38.7 Å². The lowest BCUT2D eigenvalue weighted by atomic mass is 10.0. The number of carbonyl (C=O) groups is 4. The molecule has 2 aromatic rings. The second kappa shape index (κ2) is 9.44. The Balaban J connectivity index is 1.57. The number of fused-ring (bicyclic) bond motifs is 1. The van der Waals surface area contributed by atoms with Crippen LogP contribution in [0.2, 0.25) is 0 Å². The molecule has 2 amide bonds. The minimum Gasteiger partial charge on any atom is -0.477 e. The maximum atomic E-state index is 12.9. The van der Waals surface area contributed by atoms with Gasteiger partial charge < -0.3 is 25.7 Å². The number of carboxylic acid groups (broad SMARTS) is 1. The van der Waals surface area contributed by atoms with Gasteiger partial charge in [0, 0.05) is 21.6 Å². The molecule has 0 bridgehead atoms. The maximum absolute atomic E-state index is 12.9. The molecule has 0 saturated carbocycles. The first-order valence-electron chi connectivity index (χ1n) is 9.49. The Hall–Kier alpha value is -3.43. The number of carboxylic acids is 1. The molecule has 0 unspecified atom stereocenters. The molecule has 4 N–H and O–H groups in total. The summed E-state index contributed by atoms with van der Waals surface area (Å²) in [6.07, 6.45) is 0. The summed E-state index contributed by atoms with van der Waals surface area (Å²) < 4.78 is 4.70. The standard InChI is InChI=1S/C19H17N5O7S3/c1-30-18(29)10-4-3-9(34-10)7-5-32-16-12(15(26)24(16)13(7)17(27)28)22-14(25)11(23-31-2)8-6-33-19(20)21-8/h3-4,6,12,16H,5H2,1-2H3,(H2,20,21)(H,22,25)(H,27,28)/b23-11+/t12-,16-/m1/s1. The summed E-state index contributed by atoms with van der Waals surface area (Å²) >= 11 is 3.49. The second-order valence-electron chi connectivity index (χ2n) is 6.84. The third-order valence-electron chi connectivity index (χ3n) is 4.91. The van der Waals surface area contributed by atoms with E-state index in [0.717, 1.165) is 27.6 Å². The first-order chi connectivity index (χ1) is 16.3. The van der Waals surface area contributed by atoms with E-state index in [1.807, 2.05) is 0 Å². The van der Waals surface area contributed by atoms with Crippen LogP contribution in [-0.2, 0) is 24.0 Å². The van der Waals surface area contributed by atoms with E-state index in [1.165, 1.54) is 37.4 Å². The van der Waals surface area contributed by atoms with E-state index in [1.54, 1.807) is 6.07 Å². The highest BCUT2D eigenvalue weighted by Gasteiger charge is 2.54. The number of rotatable bonds is 7. The van der Waals surface area contributed by atoms with Crippen LogP contribution in [0.25, 0.3) is 5.57 Å². The highest BCUT2D eigenvalue weighted by atomic mass is 32.2. The van der Waals surface area contributed by atoms with E-state index < -0.39 is 35.2 Å². The number of hydrogen-bond donors (Lipinski definition) is 3. The number of aliphatic carboxylic acids is 1. The number of thioether (sulfide) groups is 1. The van der Waals surface area contributed by atoms with Gasteiger partial charge in [-0.25, -0.2) is 14.6 Å². The number of thiophene rings is 1. The van der Waals surface area contributed by atoms with Crippen molar-refractivity contribution in [3.8, 4) is 0 Å². The fourth-order valence-corrected chi connectivity index (χ4v) is 6.39. The number of nitrogens with two attached hydrogens (primary N) is 1. The lowest BCUT2D eigenvalue weighted by molar-refractivity contribution is -0.149. The van der Waals surface area contributed by atoms with E-state index >= 15 is 0 Å². The summed E-state index contributed by atoms with van der Waals surface area (Å²) in [4.78, 5) is 60.3. The number of β-lactam (4-membered cyclic amide) rings is 1. The van der Waals surface area contributed by atoms with Gasteiger partial charge in [0.1, 0.15) is 34.8 Å². The monoisotopic (exact) mass is 523 g/mol. The lowest BCUT2D eigenvalue weighted by Gasteiger charge is -2.49. The number of thiazole rings is 1. The van der Waals surface area contributed by atoms with Gasteiger partial charge in [-0.15, -0.1) is 34.4 Å². The van der Waals surface area contributed by atoms with Crippen LogP contribution in [-0.4, -0.2) is 75.8 Å². The van der Waals surface area contributed by atoms with Gasteiger partial charge in [-0.05, 0) is 12.1 Å². The Morgan fingerprint density at radius 2 is 2.09 bits per heavy atom. The number of oxime groups is 1. The number of anilines is 1. The van der Waals surface area contributed by atoms with Crippen LogP contribution >= 0.6 is 34.4 Å². The second-order valence-corrected chi connectivity index (χ2v) is 9.92. The average Bonchev–Trinajstić information content (AvgIpc) is 3.48. The summed E-state index contributed by atoms with van der Waals surface area (Å²) in [5, 5.41) is 17.3. The van der Waals surface area contributed by atoms with Gasteiger partial charge in [-0.2, -0.15) is 0 Å². The third kappa shape index (κ3) is 4.12. The minimum absolute atomic E-state index is 0.161. The van der Waals surface area contributed by atoms with Crippen LogP contribution in [0.15, 0.2) is 28.4 Å². The molecule has 0 radical (unpaired) electrons. The van der Waals surface area contributed by atoms with Crippen LogP contribution in [0.4, 0.5) is 5.13 Å². The number of methoxy groups -OCH3 is 1. The molecule has 2 atom stereocenters. The van der Waals surface area contributed by atoms with Crippen LogP contribution in [0, 0.1) is 0 Å². The summed E-state index contributed by atoms with van der Waals surface area (Å²) in [5.74, 6) is -2.86. The molecule has 0 aliphatic carbocycles. The zero-order valence-electron chi connectivity index (χ0n) is 17.6. The van der Waals surface area contributed by atoms with Crippen LogP contribution in [0.3, 0.4) is 0 Å². The quantitative estimate of drug-likeness (QED) is 0.204. The number of amides is 2. The molecular weight excluding hydrogens is 506 g/mol. The topological polar surface area (TPSA) is 174 Å². The number of nitrogens with one attached hydrogen (secondary N) is 1. The van der Waals surface area contributed by atoms with E-state index in [0.29, 0.717) is 15.3 Å². The number of carbonyl (C=O) groups excluding carboxylic acids is 3. The summed E-state index contributed by atoms with van der Waals surface area (Å²) in [6, 6.07) is 2.19. The molecule has 4 heterocycles. The minimum atomic E-state index is -1.29. The molecule has 2 aliphatic heterocycles. The van der Waals surface area contributed by atoms with Crippen molar-refractivity contribution in [3.63, 3.8) is 0 Å². The van der Waals surface area contributed by atoms with Crippen molar-refractivity contribution in [2.75, 3.05) is 25.7 Å². The third-order valence-corrected chi connectivity index (χ3v) is 7.99. The van der Waals surface area contributed by atoms with Crippen LogP contribution in [0.5, 0.6) is 0 Å². The van der Waals surface area contributed by atoms with Crippen molar-refractivity contribution < 1.29 is 33.9 Å². The number of esters is 1. The molecule has 1 fully saturated rings. The van der Waals surface area contributed by atoms with Gasteiger partial charge in [0.05, 0.1) is 7.11 Å². The van der Waals surface area contributed by atoms with Crippen molar-refractivity contribution in [2.45, 2.75) is 11.4 Å². The number of hydrogen-bond acceptors (Lipinski definition) is 12. The van der Waals surface area contributed by atoms with Crippen LogP contribution < -0.4 is 11.1 Å². The summed E-state index contributed by atoms with van der Waals surface area (Å²) in [5.41, 5.74) is 5.87. The largest absolute Gasteiger partial charge is 0.477 e. The van der Waals surface area contributed by atoms with Gasteiger partial charge in [0.2, 0.25) is 0 Å². The SMILES string of the molecule is CO/N=C(/C(=O)N[C@@H]1C(=O)N2C(C(=O)O)=C(c3ccc(C(=O)OC)s3)CS[C@H]12)c1csc(N)n1. The number of nitrogens with zero attached hydrogens (tertiary/aromatic N) is 3. The molecule has 2 aromatic heterocycles. The number of aromatic nitrogens is 1. The Morgan fingerprint density at radius 3 is 2.71 bits per heavy atom. The fraction of sp³-hybridized carbons (Fsp3) is 0.263. The molecule has 1 saturated heterocycles. The average molecular weight is 524 g/mol. The Labute approximate surface area is 204 Å². The predicted molar refractivity (Wildman–Crippen MR) is 125 cm³/mol. The van der Waals surface area contributed by atoms with Crippen molar-refractivity contribution >= 4 is 74.6 Å². The highest BCUT2D eigenvalue weighted by molar-refractivity contribution is 8.00. The zero-order chi connectivity index (χ0) is 24.6. The normalized spacial score (nSPS) is 19.9. The molecule has 2 aliphatic rings. The molecule has 15 heteroatoms. The Bertz CT molecular complexity index is 1250. The Kier molecular flexibility index (Phi) is 6.58. The number of ether oxygens (including phenoxy) is 1. The van der Waals surface area contributed by atoms with Gasteiger partial charge >= 0.3 is 11.9 Å². The highest BCUT2D eigenvalue weighted by Crippen LogP contribution is 2.44. The molecule has 0 aromatic carbocycles. The molecule has 12 nitrogen and oxygen atoms in total. The van der Waals surface area contributed by atoms with E-state index in [9.17, 15) is 24.3 Å². The number of nitrogen functional groups attached to an aromatic ring is 1. The van der Waals surface area contributed by atoms with Crippen LogP contribution in [0.1, 0.15) is 20.2 Å². The molecule has 34 heavy (non-hydrogen) atoms. The Morgan fingerprint density at radius 1 is 1.32 bits per heavy atom. The summed E-state index contributed by atoms with van der Waals surface area (Å²) in [6.45, 7) is 0. The molecule has 178 valence electrons. The van der Waals surface area contributed by atoms with Gasteiger partial charge in [0.15, 0.2) is 10.8 Å². The van der Waals surface area contributed by atoms with Gasteiger partial charge in [0.25, 0.3) is 11.8 Å². The van der Waals surface area contributed by atoms with Crippen molar-refractivity contribution in [2.24, 2.45) is 5.16 Å². The molecular formula is C19H17N5O7S3.